The van der Waals surface area contributed by atoms with Crippen LogP contribution < -0.4 is 10.6 Å². The highest BCUT2D eigenvalue weighted by molar-refractivity contribution is 5.75. The number of aliphatic hydroxyl groups is 1. The second-order valence-corrected chi connectivity index (χ2v) is 5.97. The summed E-state index contributed by atoms with van der Waals surface area (Å²) in [5.74, 6) is 0.499. The van der Waals surface area contributed by atoms with Crippen molar-refractivity contribution in [2.75, 3.05) is 6.54 Å². The first kappa shape index (κ1) is 17.8. The molecule has 0 aliphatic heterocycles. The third-order valence-corrected chi connectivity index (χ3v) is 4.12. The van der Waals surface area contributed by atoms with Gasteiger partial charge in [-0.25, -0.2) is 4.79 Å². The van der Waals surface area contributed by atoms with E-state index in [0.29, 0.717) is 18.7 Å². The summed E-state index contributed by atoms with van der Waals surface area (Å²) in [5, 5.41) is 15.8. The van der Waals surface area contributed by atoms with E-state index in [2.05, 4.69) is 10.6 Å². The van der Waals surface area contributed by atoms with Crippen molar-refractivity contribution in [3.05, 3.63) is 95.9 Å². The number of amides is 2. The van der Waals surface area contributed by atoms with Crippen molar-refractivity contribution in [1.29, 1.82) is 0 Å². The third-order valence-electron chi connectivity index (χ3n) is 4.12. The number of hydrogen-bond donors (Lipinski definition) is 3. The zero-order chi connectivity index (χ0) is 18.2. The Hall–Kier alpha value is -3.05. The van der Waals surface area contributed by atoms with Gasteiger partial charge in [0, 0.05) is 6.54 Å². The molecule has 0 saturated carbocycles. The van der Waals surface area contributed by atoms with E-state index in [9.17, 15) is 9.90 Å². The summed E-state index contributed by atoms with van der Waals surface area (Å²) < 4.78 is 5.15. The molecule has 0 spiro atoms. The SMILES string of the molecule is O=C(NCC[C@@H](O)c1ccco1)NC(c1ccccc1)c1ccccc1. The molecule has 134 valence electrons. The van der Waals surface area contributed by atoms with Crippen LogP contribution in [0.25, 0.3) is 0 Å². The van der Waals surface area contributed by atoms with Crippen LogP contribution in [-0.2, 0) is 0 Å². The van der Waals surface area contributed by atoms with Crippen molar-refractivity contribution < 1.29 is 14.3 Å². The van der Waals surface area contributed by atoms with E-state index >= 15 is 0 Å². The summed E-state index contributed by atoms with van der Waals surface area (Å²) >= 11 is 0. The van der Waals surface area contributed by atoms with Crippen LogP contribution in [0.3, 0.4) is 0 Å². The van der Waals surface area contributed by atoms with Gasteiger partial charge in [-0.05, 0) is 29.7 Å². The highest BCUT2D eigenvalue weighted by atomic mass is 16.4. The minimum Gasteiger partial charge on any atom is -0.467 e. The van der Waals surface area contributed by atoms with E-state index in [-0.39, 0.29) is 12.1 Å². The molecule has 2 amide bonds. The smallest absolute Gasteiger partial charge is 0.315 e. The molecule has 1 heterocycles. The van der Waals surface area contributed by atoms with Crippen molar-refractivity contribution in [1.82, 2.24) is 10.6 Å². The molecule has 0 saturated heterocycles. The number of benzene rings is 2. The highest BCUT2D eigenvalue weighted by Crippen LogP contribution is 2.21. The second kappa shape index (κ2) is 8.87. The minimum atomic E-state index is -0.732. The van der Waals surface area contributed by atoms with Gasteiger partial charge in [-0.3, -0.25) is 0 Å². The molecule has 5 heteroatoms. The number of carbonyl (C=O) groups is 1. The number of nitrogens with one attached hydrogen (secondary N) is 2. The van der Waals surface area contributed by atoms with Crippen LogP contribution in [0, 0.1) is 0 Å². The summed E-state index contributed by atoms with van der Waals surface area (Å²) in [6.07, 6.45) is 1.16. The Labute approximate surface area is 152 Å². The second-order valence-electron chi connectivity index (χ2n) is 5.97. The number of urea groups is 1. The molecule has 0 radical (unpaired) electrons. The fourth-order valence-corrected chi connectivity index (χ4v) is 2.78. The number of carbonyl (C=O) groups excluding carboxylic acids is 1. The van der Waals surface area contributed by atoms with Crippen LogP contribution in [-0.4, -0.2) is 17.7 Å². The van der Waals surface area contributed by atoms with Crippen LogP contribution in [0.1, 0.15) is 35.5 Å². The Balaban J connectivity index is 1.59. The van der Waals surface area contributed by atoms with Crippen LogP contribution >= 0.6 is 0 Å². The summed E-state index contributed by atoms with van der Waals surface area (Å²) in [7, 11) is 0. The maximum absolute atomic E-state index is 12.3. The van der Waals surface area contributed by atoms with E-state index in [4.69, 9.17) is 4.42 Å². The van der Waals surface area contributed by atoms with Gasteiger partial charge in [-0.1, -0.05) is 60.7 Å². The average Bonchev–Trinajstić information content (AvgIpc) is 3.22. The number of hydrogen-bond acceptors (Lipinski definition) is 3. The van der Waals surface area contributed by atoms with Gasteiger partial charge in [-0.2, -0.15) is 0 Å². The van der Waals surface area contributed by atoms with Crippen LogP contribution in [0.15, 0.2) is 83.5 Å². The maximum atomic E-state index is 12.3. The summed E-state index contributed by atoms with van der Waals surface area (Å²) in [4.78, 5) is 12.3. The fourth-order valence-electron chi connectivity index (χ4n) is 2.78. The Morgan fingerprint density at radius 3 is 2.08 bits per heavy atom. The molecule has 1 atom stereocenters. The molecule has 0 unspecified atom stereocenters. The van der Waals surface area contributed by atoms with Crippen LogP contribution in [0.2, 0.25) is 0 Å². The topological polar surface area (TPSA) is 74.5 Å². The summed E-state index contributed by atoms with van der Waals surface area (Å²) in [6.45, 7) is 0.337. The van der Waals surface area contributed by atoms with Crippen molar-refractivity contribution in [3.8, 4) is 0 Å². The van der Waals surface area contributed by atoms with Gasteiger partial charge in [0.1, 0.15) is 11.9 Å². The van der Waals surface area contributed by atoms with Crippen molar-refractivity contribution in [3.63, 3.8) is 0 Å². The van der Waals surface area contributed by atoms with E-state index < -0.39 is 6.10 Å². The lowest BCUT2D eigenvalue weighted by molar-refractivity contribution is 0.140. The largest absolute Gasteiger partial charge is 0.467 e. The predicted molar refractivity (Wildman–Crippen MR) is 99.5 cm³/mol. The van der Waals surface area contributed by atoms with Gasteiger partial charge in [0.2, 0.25) is 0 Å². The first-order chi connectivity index (χ1) is 12.7. The minimum absolute atomic E-state index is 0.243. The monoisotopic (exact) mass is 350 g/mol. The van der Waals surface area contributed by atoms with Gasteiger partial charge in [0.25, 0.3) is 0 Å². The zero-order valence-corrected chi connectivity index (χ0v) is 14.3. The van der Waals surface area contributed by atoms with E-state index in [1.54, 1.807) is 12.1 Å². The third kappa shape index (κ3) is 4.74. The summed E-state index contributed by atoms with van der Waals surface area (Å²) in [6, 6.07) is 22.5. The molecule has 26 heavy (non-hydrogen) atoms. The van der Waals surface area contributed by atoms with E-state index in [1.807, 2.05) is 60.7 Å². The molecule has 0 bridgehead atoms. The normalized spacial score (nSPS) is 11.9. The lowest BCUT2D eigenvalue weighted by Crippen LogP contribution is -2.39. The van der Waals surface area contributed by atoms with Crippen molar-refractivity contribution >= 4 is 6.03 Å². The quantitative estimate of drug-likeness (QED) is 0.607. The Morgan fingerprint density at radius 1 is 0.923 bits per heavy atom. The van der Waals surface area contributed by atoms with Crippen molar-refractivity contribution in [2.24, 2.45) is 0 Å². The van der Waals surface area contributed by atoms with Crippen LogP contribution in [0.5, 0.6) is 0 Å². The molecule has 0 aliphatic rings. The van der Waals surface area contributed by atoms with E-state index in [1.165, 1.54) is 6.26 Å². The van der Waals surface area contributed by atoms with Gasteiger partial charge < -0.3 is 20.2 Å². The van der Waals surface area contributed by atoms with Crippen molar-refractivity contribution in [2.45, 2.75) is 18.6 Å². The predicted octanol–water partition coefficient (Wildman–Crippen LogP) is 3.79. The first-order valence-electron chi connectivity index (χ1n) is 8.60. The molecular formula is C21H22N2O3. The lowest BCUT2D eigenvalue weighted by Gasteiger charge is -2.20. The van der Waals surface area contributed by atoms with Gasteiger partial charge in [0.05, 0.1) is 12.3 Å². The lowest BCUT2D eigenvalue weighted by atomic mass is 9.99. The number of rotatable bonds is 7. The van der Waals surface area contributed by atoms with Gasteiger partial charge >= 0.3 is 6.03 Å². The zero-order valence-electron chi connectivity index (χ0n) is 14.3. The molecule has 5 nitrogen and oxygen atoms in total. The standard InChI is InChI=1S/C21H22N2O3/c24-18(19-12-7-15-26-19)13-14-22-21(25)23-20(16-8-3-1-4-9-16)17-10-5-2-6-11-17/h1-12,15,18,20,24H,13-14H2,(H2,22,23,25)/t18-/m1/s1. The first-order valence-corrected chi connectivity index (χ1v) is 8.60. The van der Waals surface area contributed by atoms with E-state index in [0.717, 1.165) is 11.1 Å². The average molecular weight is 350 g/mol. The molecule has 3 aromatic rings. The summed E-state index contributed by atoms with van der Waals surface area (Å²) in [5.41, 5.74) is 2.01. The fraction of sp³-hybridized carbons (Fsp3) is 0.190. The molecule has 3 rings (SSSR count). The maximum Gasteiger partial charge on any atom is 0.315 e. The van der Waals surface area contributed by atoms with Gasteiger partial charge in [0.15, 0.2) is 0 Å². The highest BCUT2D eigenvalue weighted by Gasteiger charge is 2.17. The Bertz CT molecular complexity index is 749. The molecule has 1 aromatic heterocycles. The number of aliphatic hydroxyl groups excluding tert-OH is 1. The Kier molecular flexibility index (Phi) is 6.06. The Morgan fingerprint density at radius 2 is 1.54 bits per heavy atom. The molecular weight excluding hydrogens is 328 g/mol. The molecule has 0 aliphatic carbocycles. The molecule has 3 N–H and O–H groups in total. The van der Waals surface area contributed by atoms with Gasteiger partial charge in [-0.15, -0.1) is 0 Å². The van der Waals surface area contributed by atoms with Crippen LogP contribution in [0.4, 0.5) is 4.79 Å². The molecule has 0 fully saturated rings. The number of furan rings is 1. The molecule has 2 aromatic carbocycles.